The van der Waals surface area contributed by atoms with Crippen molar-refractivity contribution in [3.63, 3.8) is 0 Å². The van der Waals surface area contributed by atoms with E-state index in [1.807, 2.05) is 0 Å². The van der Waals surface area contributed by atoms with Crippen molar-refractivity contribution in [3.05, 3.63) is 0 Å². The van der Waals surface area contributed by atoms with Gasteiger partial charge in [0.15, 0.2) is 0 Å². The average molecular weight is 272 g/mol. The van der Waals surface area contributed by atoms with E-state index in [1.54, 1.807) is 7.11 Å². The lowest BCUT2D eigenvalue weighted by molar-refractivity contribution is 0.0438. The van der Waals surface area contributed by atoms with E-state index >= 15 is 0 Å². The third-order valence-electron chi connectivity index (χ3n) is 4.66. The van der Waals surface area contributed by atoms with Crippen LogP contribution in [0.3, 0.4) is 0 Å². The number of rotatable bonds is 5. The molecule has 1 saturated carbocycles. The van der Waals surface area contributed by atoms with Crippen LogP contribution in [0.2, 0.25) is 0 Å². The molecule has 1 heterocycles. The number of ether oxygens (including phenoxy) is 1. The van der Waals surface area contributed by atoms with Crippen molar-refractivity contribution in [2.75, 3.05) is 40.4 Å². The van der Waals surface area contributed by atoms with Crippen molar-refractivity contribution >= 4 is 0 Å². The van der Waals surface area contributed by atoms with Crippen molar-refractivity contribution in [1.82, 2.24) is 10.2 Å². The first-order chi connectivity index (χ1) is 9.04. The molecule has 2 aliphatic rings. The van der Waals surface area contributed by atoms with Gasteiger partial charge in [0.05, 0.1) is 18.8 Å². The number of piperidine rings is 1. The van der Waals surface area contributed by atoms with Gasteiger partial charge in [0.1, 0.15) is 0 Å². The summed E-state index contributed by atoms with van der Waals surface area (Å²) in [6.07, 6.45) is 2.39. The van der Waals surface area contributed by atoms with Gasteiger partial charge in [-0.25, -0.2) is 0 Å². The summed E-state index contributed by atoms with van der Waals surface area (Å²) in [7, 11) is 3.85. The van der Waals surface area contributed by atoms with Crippen molar-refractivity contribution in [2.45, 2.75) is 43.9 Å². The van der Waals surface area contributed by atoms with E-state index < -0.39 is 12.2 Å². The Balaban J connectivity index is 1.84. The van der Waals surface area contributed by atoms with Crippen LogP contribution in [-0.2, 0) is 4.74 Å². The lowest BCUT2D eigenvalue weighted by Gasteiger charge is -2.34. The van der Waals surface area contributed by atoms with Gasteiger partial charge in [-0.15, -0.1) is 0 Å². The summed E-state index contributed by atoms with van der Waals surface area (Å²) >= 11 is 0. The molecule has 19 heavy (non-hydrogen) atoms. The van der Waals surface area contributed by atoms with Crippen LogP contribution in [0.5, 0.6) is 0 Å². The van der Waals surface area contributed by atoms with Gasteiger partial charge in [0, 0.05) is 25.1 Å². The van der Waals surface area contributed by atoms with E-state index in [2.05, 4.69) is 17.3 Å². The molecule has 3 N–H and O–H groups in total. The highest BCUT2D eigenvalue weighted by atomic mass is 16.5. The molecule has 0 amide bonds. The van der Waals surface area contributed by atoms with E-state index in [0.717, 1.165) is 19.6 Å². The molecule has 1 aliphatic carbocycles. The molecule has 2 unspecified atom stereocenters. The lowest BCUT2D eigenvalue weighted by atomic mass is 9.86. The molecule has 0 aromatic carbocycles. The Morgan fingerprint density at radius 2 is 1.79 bits per heavy atom. The van der Waals surface area contributed by atoms with Crippen molar-refractivity contribution in [3.8, 4) is 0 Å². The monoisotopic (exact) mass is 272 g/mol. The van der Waals surface area contributed by atoms with E-state index in [4.69, 9.17) is 4.74 Å². The molecule has 0 aromatic heterocycles. The summed E-state index contributed by atoms with van der Waals surface area (Å²) < 4.78 is 5.31. The van der Waals surface area contributed by atoms with Crippen molar-refractivity contribution in [2.24, 2.45) is 5.41 Å². The smallest absolute Gasteiger partial charge is 0.0806 e. The standard InChI is InChI=1S/C14H28N2O3/c1-16-5-3-11(4-6-16)15-9-14(10-19-2)7-12(17)13(18)8-14/h11-13,15,17-18H,3-10H2,1-2H3. The number of aliphatic hydroxyl groups is 2. The molecule has 1 aliphatic heterocycles. The third kappa shape index (κ3) is 3.89. The van der Waals surface area contributed by atoms with Gasteiger partial charge in [0.25, 0.3) is 0 Å². The van der Waals surface area contributed by atoms with Crippen LogP contribution in [0.25, 0.3) is 0 Å². The molecule has 5 nitrogen and oxygen atoms in total. The van der Waals surface area contributed by atoms with E-state index in [1.165, 1.54) is 12.8 Å². The molecule has 2 atom stereocenters. The first-order valence-corrected chi connectivity index (χ1v) is 7.32. The van der Waals surface area contributed by atoms with Gasteiger partial charge in [-0.1, -0.05) is 0 Å². The minimum atomic E-state index is -0.602. The van der Waals surface area contributed by atoms with Crippen LogP contribution in [0.15, 0.2) is 0 Å². The van der Waals surface area contributed by atoms with Crippen molar-refractivity contribution < 1.29 is 14.9 Å². The van der Waals surface area contributed by atoms with Crippen LogP contribution in [0.1, 0.15) is 25.7 Å². The molecule has 0 spiro atoms. The summed E-state index contributed by atoms with van der Waals surface area (Å²) in [4.78, 5) is 2.35. The van der Waals surface area contributed by atoms with Crippen LogP contribution in [0, 0.1) is 5.41 Å². The van der Waals surface area contributed by atoms with Crippen LogP contribution < -0.4 is 5.32 Å². The number of nitrogens with one attached hydrogen (secondary N) is 1. The fourth-order valence-electron chi connectivity index (χ4n) is 3.44. The summed E-state index contributed by atoms with van der Waals surface area (Å²) in [6, 6.07) is 0.555. The number of likely N-dealkylation sites (tertiary alicyclic amines) is 1. The molecule has 2 rings (SSSR count). The molecule has 0 aromatic rings. The van der Waals surface area contributed by atoms with Crippen LogP contribution >= 0.6 is 0 Å². The Kier molecular flexibility index (Phi) is 5.20. The van der Waals surface area contributed by atoms with Gasteiger partial charge in [-0.2, -0.15) is 0 Å². The normalized spacial score (nSPS) is 37.9. The van der Waals surface area contributed by atoms with Crippen LogP contribution in [0.4, 0.5) is 0 Å². The number of aliphatic hydroxyl groups excluding tert-OH is 2. The molecular weight excluding hydrogens is 244 g/mol. The Bertz CT molecular complexity index is 270. The SMILES string of the molecule is COCC1(CNC2CCN(C)CC2)CC(O)C(O)C1. The Hall–Kier alpha value is -0.200. The molecular formula is C14H28N2O3. The predicted molar refractivity (Wildman–Crippen MR) is 74.1 cm³/mol. The first kappa shape index (κ1) is 15.2. The highest BCUT2D eigenvalue weighted by molar-refractivity contribution is 4.96. The maximum atomic E-state index is 9.79. The minimum Gasteiger partial charge on any atom is -0.390 e. The zero-order valence-corrected chi connectivity index (χ0v) is 12.1. The molecule has 5 heteroatoms. The Labute approximate surface area is 115 Å². The zero-order valence-electron chi connectivity index (χ0n) is 12.1. The fourth-order valence-corrected chi connectivity index (χ4v) is 3.44. The fraction of sp³-hybridized carbons (Fsp3) is 1.00. The second kappa shape index (κ2) is 6.50. The maximum Gasteiger partial charge on any atom is 0.0806 e. The molecule has 0 radical (unpaired) electrons. The van der Waals surface area contributed by atoms with Gasteiger partial charge < -0.3 is 25.2 Å². The molecule has 1 saturated heterocycles. The predicted octanol–water partition coefficient (Wildman–Crippen LogP) is -0.181. The number of nitrogens with zero attached hydrogens (tertiary/aromatic N) is 1. The largest absolute Gasteiger partial charge is 0.390 e. The Morgan fingerprint density at radius 1 is 1.21 bits per heavy atom. The topological polar surface area (TPSA) is 65.0 Å². The second-order valence-electron chi connectivity index (χ2n) is 6.43. The van der Waals surface area contributed by atoms with Gasteiger partial charge in [-0.05, 0) is 45.8 Å². The summed E-state index contributed by atoms with van der Waals surface area (Å²) in [5.74, 6) is 0. The maximum absolute atomic E-state index is 9.79. The molecule has 112 valence electrons. The van der Waals surface area contributed by atoms with Crippen LogP contribution in [-0.4, -0.2) is 73.8 Å². The first-order valence-electron chi connectivity index (χ1n) is 7.32. The summed E-state index contributed by atoms with van der Waals surface area (Å²) in [6.45, 7) is 3.70. The zero-order chi connectivity index (χ0) is 13.9. The Morgan fingerprint density at radius 3 is 2.32 bits per heavy atom. The lowest BCUT2D eigenvalue weighted by Crippen LogP contribution is -2.46. The number of hydrogen-bond acceptors (Lipinski definition) is 5. The van der Waals surface area contributed by atoms with Gasteiger partial charge in [0.2, 0.25) is 0 Å². The van der Waals surface area contributed by atoms with Gasteiger partial charge >= 0.3 is 0 Å². The molecule has 2 fully saturated rings. The average Bonchev–Trinajstić information content (AvgIpc) is 2.65. The van der Waals surface area contributed by atoms with E-state index in [-0.39, 0.29) is 5.41 Å². The molecule has 0 bridgehead atoms. The van der Waals surface area contributed by atoms with Gasteiger partial charge in [-0.3, -0.25) is 0 Å². The second-order valence-corrected chi connectivity index (χ2v) is 6.43. The van der Waals surface area contributed by atoms with E-state index in [9.17, 15) is 10.2 Å². The summed E-state index contributed by atoms with van der Waals surface area (Å²) in [5, 5.41) is 23.2. The van der Waals surface area contributed by atoms with Crippen molar-refractivity contribution in [1.29, 1.82) is 0 Å². The number of methoxy groups -OCH3 is 1. The highest BCUT2D eigenvalue weighted by Crippen LogP contribution is 2.38. The summed E-state index contributed by atoms with van der Waals surface area (Å²) in [5.41, 5.74) is -0.114. The minimum absolute atomic E-state index is 0.114. The quantitative estimate of drug-likeness (QED) is 0.648. The van der Waals surface area contributed by atoms with E-state index in [0.29, 0.717) is 25.5 Å². The third-order valence-corrected chi connectivity index (χ3v) is 4.66. The highest BCUT2D eigenvalue weighted by Gasteiger charge is 2.44. The number of hydrogen-bond donors (Lipinski definition) is 3.